The predicted molar refractivity (Wildman–Crippen MR) is 114 cm³/mol. The molecule has 0 amide bonds. The van der Waals surface area contributed by atoms with Crippen LogP contribution in [0.5, 0.6) is 5.75 Å². The maximum atomic E-state index is 14.8. The van der Waals surface area contributed by atoms with E-state index in [1.165, 1.54) is 13.3 Å². The average Bonchev–Trinajstić information content (AvgIpc) is 3.34. The minimum atomic E-state index is -4.12. The van der Waals surface area contributed by atoms with E-state index in [1.54, 1.807) is 12.3 Å². The Hall–Kier alpha value is -2.57. The molecule has 1 unspecified atom stereocenters. The number of hydrogen-bond acceptors (Lipinski definition) is 5. The molecule has 0 saturated carbocycles. The number of fused-ring (bicyclic) bond motifs is 1. The summed E-state index contributed by atoms with van der Waals surface area (Å²) in [6, 6.07) is 3.78. The minimum Gasteiger partial charge on any atom is -0.494 e. The quantitative estimate of drug-likeness (QED) is 0.490. The van der Waals surface area contributed by atoms with Gasteiger partial charge in [0.05, 0.1) is 12.8 Å². The summed E-state index contributed by atoms with van der Waals surface area (Å²) in [5.74, 6) is -1.87. The molecule has 3 heterocycles. The second-order valence-corrected chi connectivity index (χ2v) is 9.52. The van der Waals surface area contributed by atoms with E-state index in [-0.39, 0.29) is 36.5 Å². The van der Waals surface area contributed by atoms with E-state index in [9.17, 15) is 22.0 Å². The number of carbonyl (C=O) groups is 1. The lowest BCUT2D eigenvalue weighted by atomic mass is 10.0. The molecular weight excluding hydrogens is 498 g/mol. The fraction of sp³-hybridized carbons (Fsp3) is 0.263. The molecule has 1 atom stereocenters. The Morgan fingerprint density at radius 1 is 1.42 bits per heavy atom. The van der Waals surface area contributed by atoms with Crippen molar-refractivity contribution in [2.24, 2.45) is 0 Å². The van der Waals surface area contributed by atoms with Crippen molar-refractivity contribution in [3.63, 3.8) is 0 Å². The summed E-state index contributed by atoms with van der Waals surface area (Å²) in [4.78, 5) is 20.2. The monoisotopic (exact) mass is 514 g/mol. The fourth-order valence-electron chi connectivity index (χ4n) is 3.47. The molecule has 2 N–H and O–H groups in total. The van der Waals surface area contributed by atoms with Crippen molar-refractivity contribution < 1.29 is 26.7 Å². The molecule has 4 rings (SSSR count). The van der Waals surface area contributed by atoms with E-state index in [0.717, 1.165) is 16.4 Å². The van der Waals surface area contributed by atoms with Crippen LogP contribution in [-0.4, -0.2) is 54.8 Å². The molecule has 0 aliphatic carbocycles. The molecule has 1 aliphatic rings. The predicted octanol–water partition coefficient (Wildman–Crippen LogP) is 3.40. The van der Waals surface area contributed by atoms with Gasteiger partial charge in [0.1, 0.15) is 23.2 Å². The second-order valence-electron chi connectivity index (χ2n) is 6.94. The van der Waals surface area contributed by atoms with Gasteiger partial charge >= 0.3 is 10.2 Å². The van der Waals surface area contributed by atoms with Gasteiger partial charge < -0.3 is 9.72 Å². The van der Waals surface area contributed by atoms with Gasteiger partial charge in [0.15, 0.2) is 5.75 Å². The van der Waals surface area contributed by atoms with Crippen LogP contribution in [-0.2, 0) is 10.2 Å². The molecule has 3 aromatic rings. The van der Waals surface area contributed by atoms with E-state index in [0.29, 0.717) is 15.5 Å². The van der Waals surface area contributed by atoms with Crippen LogP contribution < -0.4 is 9.46 Å². The topological polar surface area (TPSA) is 104 Å². The molecule has 164 valence electrons. The van der Waals surface area contributed by atoms with E-state index in [2.05, 4.69) is 30.6 Å². The maximum Gasteiger partial charge on any atom is 0.301 e. The number of rotatable bonds is 6. The number of alkyl halides is 1. The van der Waals surface area contributed by atoms with Crippen LogP contribution in [0.4, 0.5) is 14.5 Å². The number of aromatic amines is 1. The molecule has 0 radical (unpaired) electrons. The number of methoxy groups -OCH3 is 1. The summed E-state index contributed by atoms with van der Waals surface area (Å²) in [7, 11) is -2.92. The van der Waals surface area contributed by atoms with Crippen LogP contribution in [0, 0.1) is 5.82 Å². The number of halogens is 3. The van der Waals surface area contributed by atoms with Gasteiger partial charge in [-0.1, -0.05) is 0 Å². The Morgan fingerprint density at radius 2 is 2.19 bits per heavy atom. The summed E-state index contributed by atoms with van der Waals surface area (Å²) >= 11 is 3.29. The van der Waals surface area contributed by atoms with E-state index in [1.807, 2.05) is 0 Å². The highest BCUT2D eigenvalue weighted by Crippen LogP contribution is 2.35. The lowest BCUT2D eigenvalue weighted by Gasteiger charge is -2.19. The first-order chi connectivity index (χ1) is 14.7. The number of anilines is 1. The molecular formula is C19H17BrF2N4O4S. The van der Waals surface area contributed by atoms with Crippen molar-refractivity contribution in [1.29, 1.82) is 0 Å². The molecule has 12 heteroatoms. The van der Waals surface area contributed by atoms with Crippen molar-refractivity contribution in [3.8, 4) is 5.75 Å². The first kappa shape index (κ1) is 21.7. The third-order valence-corrected chi connectivity index (χ3v) is 6.88. The van der Waals surface area contributed by atoms with Crippen molar-refractivity contribution >= 4 is 48.6 Å². The van der Waals surface area contributed by atoms with Gasteiger partial charge in [0, 0.05) is 40.9 Å². The highest BCUT2D eigenvalue weighted by molar-refractivity contribution is 9.10. The van der Waals surface area contributed by atoms with Crippen LogP contribution in [0.15, 0.2) is 35.1 Å². The summed E-state index contributed by atoms with van der Waals surface area (Å²) in [6.07, 6.45) is 1.78. The van der Waals surface area contributed by atoms with Gasteiger partial charge in [-0.25, -0.2) is 13.8 Å². The number of ether oxygens (including phenoxy) is 1. The Bertz CT molecular complexity index is 1280. The van der Waals surface area contributed by atoms with Crippen molar-refractivity contribution in [2.75, 3.05) is 24.9 Å². The summed E-state index contributed by atoms with van der Waals surface area (Å²) < 4.78 is 62.5. The molecule has 0 bridgehead atoms. The van der Waals surface area contributed by atoms with Gasteiger partial charge in [-0.05, 0) is 40.5 Å². The van der Waals surface area contributed by atoms with E-state index >= 15 is 0 Å². The maximum absolute atomic E-state index is 14.8. The van der Waals surface area contributed by atoms with Crippen LogP contribution in [0.3, 0.4) is 0 Å². The first-order valence-electron chi connectivity index (χ1n) is 9.17. The number of hydrogen-bond donors (Lipinski definition) is 2. The number of pyridine rings is 1. The van der Waals surface area contributed by atoms with Gasteiger partial charge in [0.25, 0.3) is 0 Å². The Labute approximate surface area is 184 Å². The van der Waals surface area contributed by atoms with Crippen LogP contribution in [0.25, 0.3) is 11.0 Å². The van der Waals surface area contributed by atoms with Crippen LogP contribution in [0.1, 0.15) is 22.3 Å². The fourth-order valence-corrected chi connectivity index (χ4v) is 5.08. The Balaban J connectivity index is 1.76. The zero-order valence-corrected chi connectivity index (χ0v) is 18.6. The minimum absolute atomic E-state index is 0.0169. The highest BCUT2D eigenvalue weighted by atomic mass is 79.9. The number of ketones is 1. The summed E-state index contributed by atoms with van der Waals surface area (Å²) in [5, 5.41) is 0.456. The number of aromatic nitrogens is 2. The summed E-state index contributed by atoms with van der Waals surface area (Å²) in [6.45, 7) is -0.259. The normalized spacial score (nSPS) is 17.2. The standard InChI is InChI=1S/C19H17BrF2N4O4S/c1-30-18-15(25-31(28,29)26-5-4-11(21)9-26)3-2-14(22)16(18)17(27)13-8-24-19-12(13)6-10(20)7-23-19/h2-3,6-8,11,25H,4-5,9H2,1H3,(H,23,24). The molecule has 1 saturated heterocycles. The largest absolute Gasteiger partial charge is 0.494 e. The lowest BCUT2D eigenvalue weighted by Crippen LogP contribution is -2.34. The number of nitrogens with one attached hydrogen (secondary N) is 2. The number of H-pyrrole nitrogens is 1. The highest BCUT2D eigenvalue weighted by Gasteiger charge is 2.33. The molecule has 2 aromatic heterocycles. The first-order valence-corrected chi connectivity index (χ1v) is 11.4. The third kappa shape index (κ3) is 4.02. The number of benzene rings is 1. The third-order valence-electron chi connectivity index (χ3n) is 4.95. The number of nitrogens with zero attached hydrogens (tertiary/aromatic N) is 2. The molecule has 8 nitrogen and oxygen atoms in total. The van der Waals surface area contributed by atoms with Crippen molar-refractivity contribution in [1.82, 2.24) is 14.3 Å². The van der Waals surface area contributed by atoms with E-state index < -0.39 is 33.5 Å². The zero-order chi connectivity index (χ0) is 22.3. The van der Waals surface area contributed by atoms with Crippen molar-refractivity contribution in [2.45, 2.75) is 12.6 Å². The molecule has 0 spiro atoms. The lowest BCUT2D eigenvalue weighted by molar-refractivity contribution is 0.103. The number of carbonyl (C=O) groups excluding carboxylic acids is 1. The molecule has 1 aromatic carbocycles. The van der Waals surface area contributed by atoms with Gasteiger partial charge in [0.2, 0.25) is 5.78 Å². The molecule has 31 heavy (non-hydrogen) atoms. The SMILES string of the molecule is COc1c(NS(=O)(=O)N2CCC(F)C2)ccc(F)c1C(=O)c1c[nH]c2ncc(Br)cc12. The van der Waals surface area contributed by atoms with Crippen LogP contribution in [0.2, 0.25) is 0 Å². The van der Waals surface area contributed by atoms with Crippen LogP contribution >= 0.6 is 15.9 Å². The molecule has 1 aliphatic heterocycles. The zero-order valence-electron chi connectivity index (χ0n) is 16.2. The second kappa shape index (κ2) is 8.17. The molecule has 1 fully saturated rings. The van der Waals surface area contributed by atoms with Gasteiger partial charge in [-0.15, -0.1) is 0 Å². The Morgan fingerprint density at radius 3 is 2.87 bits per heavy atom. The smallest absolute Gasteiger partial charge is 0.301 e. The van der Waals surface area contributed by atoms with Gasteiger partial charge in [-0.3, -0.25) is 9.52 Å². The Kier molecular flexibility index (Phi) is 5.71. The van der Waals surface area contributed by atoms with Crippen molar-refractivity contribution in [3.05, 3.63) is 52.0 Å². The van der Waals surface area contributed by atoms with Gasteiger partial charge in [-0.2, -0.15) is 12.7 Å². The average molecular weight is 515 g/mol. The van der Waals surface area contributed by atoms with E-state index in [4.69, 9.17) is 4.74 Å². The summed E-state index contributed by atoms with van der Waals surface area (Å²) in [5.41, 5.74) is 0.000448.